The van der Waals surface area contributed by atoms with E-state index >= 15 is 0 Å². The minimum atomic E-state index is -4.05. The number of non-ortho nitro benzene ring substituents is 1. The molecule has 0 bridgehead atoms. The second-order valence-corrected chi connectivity index (χ2v) is 7.15. The zero-order valence-electron chi connectivity index (χ0n) is 13.2. The second kappa shape index (κ2) is 6.13. The number of hydrogen-bond donors (Lipinski definition) is 2. The number of nitro benzene ring substituents is 1. The molecule has 0 unspecified atom stereocenters. The van der Waals surface area contributed by atoms with Crippen LogP contribution in [0.15, 0.2) is 41.3 Å². The van der Waals surface area contributed by atoms with E-state index < -0.39 is 20.7 Å². The summed E-state index contributed by atoms with van der Waals surface area (Å²) in [6, 6.07) is 7.47. The summed E-state index contributed by atoms with van der Waals surface area (Å²) in [6.07, 6.45) is 0. The Kier molecular flexibility index (Phi) is 4.13. The molecule has 2 aromatic carbocycles. The molecule has 3 rings (SSSR count). The summed E-state index contributed by atoms with van der Waals surface area (Å²) in [6.45, 7) is 1.13. The summed E-state index contributed by atoms with van der Waals surface area (Å²) in [5, 5.41) is 20.6. The lowest BCUT2D eigenvalue weighted by molar-refractivity contribution is -0.384. The van der Waals surface area contributed by atoms with Crippen molar-refractivity contribution in [3.05, 3.63) is 46.5 Å². The Morgan fingerprint density at radius 3 is 2.76 bits per heavy atom. The topological polar surface area (TPSA) is 122 Å². The van der Waals surface area contributed by atoms with Gasteiger partial charge in [-0.1, -0.05) is 0 Å². The molecule has 9 nitrogen and oxygen atoms in total. The van der Waals surface area contributed by atoms with Gasteiger partial charge >= 0.3 is 0 Å². The van der Waals surface area contributed by atoms with Crippen molar-refractivity contribution >= 4 is 27.1 Å². The van der Waals surface area contributed by atoms with E-state index in [9.17, 15) is 23.6 Å². The lowest BCUT2D eigenvalue weighted by Crippen LogP contribution is -2.29. The number of ether oxygens (including phenoxy) is 1. The number of rotatable bonds is 4. The number of aromatic hydroxyl groups is 1. The molecule has 1 aliphatic rings. The number of nitro groups is 1. The number of anilines is 2. The predicted octanol–water partition coefficient (Wildman–Crippen LogP) is 1.93. The number of sulfonamides is 1. The predicted molar refractivity (Wildman–Crippen MR) is 90.8 cm³/mol. The van der Waals surface area contributed by atoms with Gasteiger partial charge in [-0.05, 0) is 24.3 Å². The van der Waals surface area contributed by atoms with Crippen molar-refractivity contribution in [2.24, 2.45) is 0 Å². The van der Waals surface area contributed by atoms with Gasteiger partial charge in [-0.15, -0.1) is 0 Å². The van der Waals surface area contributed by atoms with Gasteiger partial charge in [-0.25, -0.2) is 8.42 Å². The Morgan fingerprint density at radius 2 is 2.04 bits per heavy atom. The number of likely N-dealkylation sites (N-methyl/N-ethyl adjacent to an activating group) is 1. The van der Waals surface area contributed by atoms with E-state index in [1.165, 1.54) is 12.1 Å². The Labute approximate surface area is 143 Å². The van der Waals surface area contributed by atoms with Crippen molar-refractivity contribution in [2.45, 2.75) is 4.90 Å². The number of benzene rings is 2. The Morgan fingerprint density at radius 1 is 1.28 bits per heavy atom. The molecule has 0 aromatic heterocycles. The molecular weight excluding hydrogens is 350 g/mol. The highest BCUT2D eigenvalue weighted by molar-refractivity contribution is 7.92. The highest BCUT2D eigenvalue weighted by Crippen LogP contribution is 2.34. The van der Waals surface area contributed by atoms with Crippen LogP contribution in [0, 0.1) is 10.1 Å². The van der Waals surface area contributed by atoms with Crippen LogP contribution in [0.2, 0.25) is 0 Å². The first-order valence-electron chi connectivity index (χ1n) is 7.26. The quantitative estimate of drug-likeness (QED) is 0.482. The lowest BCUT2D eigenvalue weighted by Gasteiger charge is -2.28. The third-order valence-electron chi connectivity index (χ3n) is 3.77. The lowest BCUT2D eigenvalue weighted by atomic mass is 10.2. The molecule has 132 valence electrons. The van der Waals surface area contributed by atoms with E-state index in [0.717, 1.165) is 18.2 Å². The SMILES string of the molecule is CN1CCOc2ccc(S(=O)(=O)Nc3cc([N+](=O)[O-])ccc3O)cc21. The van der Waals surface area contributed by atoms with Crippen molar-refractivity contribution in [2.75, 3.05) is 29.8 Å². The van der Waals surface area contributed by atoms with Crippen molar-refractivity contribution in [3.8, 4) is 11.5 Å². The van der Waals surface area contributed by atoms with Crippen LogP contribution in [0.3, 0.4) is 0 Å². The zero-order chi connectivity index (χ0) is 18.2. The van der Waals surface area contributed by atoms with Gasteiger partial charge in [0.05, 0.1) is 27.7 Å². The standard InChI is InChI=1S/C15H15N3O6S/c1-17-6-7-24-15-5-3-11(9-13(15)17)25(22,23)16-12-8-10(18(20)21)2-4-14(12)19/h2-5,8-9,16,19H,6-7H2,1H3. The summed E-state index contributed by atoms with van der Waals surface area (Å²) in [5.41, 5.74) is 0.0167. The summed E-state index contributed by atoms with van der Waals surface area (Å²) in [5.74, 6) is 0.165. The van der Waals surface area contributed by atoms with Gasteiger partial charge < -0.3 is 14.7 Å². The van der Waals surface area contributed by atoms with Gasteiger partial charge in [0.2, 0.25) is 0 Å². The summed E-state index contributed by atoms with van der Waals surface area (Å²) in [4.78, 5) is 12.0. The maximum absolute atomic E-state index is 12.6. The zero-order valence-corrected chi connectivity index (χ0v) is 14.0. The van der Waals surface area contributed by atoms with E-state index in [-0.39, 0.29) is 16.3 Å². The van der Waals surface area contributed by atoms with Gasteiger partial charge in [-0.3, -0.25) is 14.8 Å². The molecule has 1 aliphatic heterocycles. The van der Waals surface area contributed by atoms with E-state index in [2.05, 4.69) is 4.72 Å². The molecule has 0 radical (unpaired) electrons. The molecule has 1 heterocycles. The first kappa shape index (κ1) is 16.8. The maximum atomic E-state index is 12.6. The first-order chi connectivity index (χ1) is 11.8. The third-order valence-corrected chi connectivity index (χ3v) is 5.13. The highest BCUT2D eigenvalue weighted by atomic mass is 32.2. The van der Waals surface area contributed by atoms with E-state index in [0.29, 0.717) is 24.6 Å². The molecule has 25 heavy (non-hydrogen) atoms. The molecule has 0 spiro atoms. The molecular formula is C15H15N3O6S. The van der Waals surface area contributed by atoms with Gasteiger partial charge in [-0.2, -0.15) is 0 Å². The van der Waals surface area contributed by atoms with Crippen LogP contribution in [-0.2, 0) is 10.0 Å². The van der Waals surface area contributed by atoms with E-state index in [4.69, 9.17) is 4.74 Å². The molecule has 0 aliphatic carbocycles. The summed E-state index contributed by atoms with van der Waals surface area (Å²) in [7, 11) is -2.23. The number of nitrogens with one attached hydrogen (secondary N) is 1. The Bertz CT molecular complexity index is 944. The summed E-state index contributed by atoms with van der Waals surface area (Å²) >= 11 is 0. The van der Waals surface area contributed by atoms with Gasteiger partial charge in [0.25, 0.3) is 15.7 Å². The van der Waals surface area contributed by atoms with Crippen LogP contribution in [0.5, 0.6) is 11.5 Å². The van der Waals surface area contributed by atoms with Crippen molar-refractivity contribution < 1.29 is 23.2 Å². The summed E-state index contributed by atoms with van der Waals surface area (Å²) < 4.78 is 32.8. The molecule has 0 atom stereocenters. The van der Waals surface area contributed by atoms with Crippen molar-refractivity contribution in [1.82, 2.24) is 0 Å². The molecule has 0 amide bonds. The van der Waals surface area contributed by atoms with Crippen LogP contribution < -0.4 is 14.4 Å². The van der Waals surface area contributed by atoms with Crippen LogP contribution in [0.25, 0.3) is 0 Å². The Balaban J connectivity index is 1.97. The van der Waals surface area contributed by atoms with Gasteiger partial charge in [0, 0.05) is 19.2 Å². The average molecular weight is 365 g/mol. The molecule has 0 saturated heterocycles. The minimum absolute atomic E-state index is 0.0468. The number of phenolic OH excluding ortho intramolecular Hbond substituents is 1. The normalized spacial score (nSPS) is 13.7. The van der Waals surface area contributed by atoms with E-state index in [1.54, 1.807) is 6.07 Å². The number of nitrogens with zero attached hydrogens (tertiary/aromatic N) is 2. The van der Waals surface area contributed by atoms with E-state index in [1.807, 2.05) is 11.9 Å². The number of hydrogen-bond acceptors (Lipinski definition) is 7. The highest BCUT2D eigenvalue weighted by Gasteiger charge is 2.22. The molecule has 0 fully saturated rings. The van der Waals surface area contributed by atoms with Gasteiger partial charge in [0.15, 0.2) is 0 Å². The second-order valence-electron chi connectivity index (χ2n) is 5.46. The van der Waals surface area contributed by atoms with Crippen LogP contribution in [0.1, 0.15) is 0 Å². The fourth-order valence-corrected chi connectivity index (χ4v) is 3.51. The van der Waals surface area contributed by atoms with Gasteiger partial charge in [0.1, 0.15) is 18.1 Å². The van der Waals surface area contributed by atoms with Crippen molar-refractivity contribution in [3.63, 3.8) is 0 Å². The number of fused-ring (bicyclic) bond motifs is 1. The molecule has 2 aromatic rings. The number of phenols is 1. The molecule has 0 saturated carbocycles. The van der Waals surface area contributed by atoms with Crippen LogP contribution in [-0.4, -0.2) is 38.6 Å². The van der Waals surface area contributed by atoms with Crippen LogP contribution in [0.4, 0.5) is 17.1 Å². The average Bonchev–Trinajstić information content (AvgIpc) is 2.56. The molecule has 2 N–H and O–H groups in total. The monoisotopic (exact) mass is 365 g/mol. The van der Waals surface area contributed by atoms with Crippen LogP contribution >= 0.6 is 0 Å². The fourth-order valence-electron chi connectivity index (χ4n) is 2.42. The molecule has 10 heteroatoms. The third kappa shape index (κ3) is 3.29. The largest absolute Gasteiger partial charge is 0.506 e. The Hall–Kier alpha value is -3.01. The minimum Gasteiger partial charge on any atom is -0.506 e. The first-order valence-corrected chi connectivity index (χ1v) is 8.74. The smallest absolute Gasteiger partial charge is 0.271 e. The van der Waals surface area contributed by atoms with Crippen molar-refractivity contribution in [1.29, 1.82) is 0 Å². The maximum Gasteiger partial charge on any atom is 0.271 e. The fraction of sp³-hybridized carbons (Fsp3) is 0.200.